The molecule has 8 nitrogen and oxygen atoms in total. The van der Waals surface area contributed by atoms with Crippen LogP contribution in [-0.4, -0.2) is 76.6 Å². The first-order valence-electron chi connectivity index (χ1n) is 8.75. The fraction of sp³-hybridized carbons (Fsp3) is 0.625. The third-order valence-corrected chi connectivity index (χ3v) is 5.85. The van der Waals surface area contributed by atoms with Gasteiger partial charge in [0.15, 0.2) is 0 Å². The Labute approximate surface area is 149 Å². The normalized spacial score (nSPS) is 19.6. The van der Waals surface area contributed by atoms with Crippen molar-refractivity contribution in [3.05, 3.63) is 22.1 Å². The van der Waals surface area contributed by atoms with E-state index in [1.165, 1.54) is 23.8 Å². The van der Waals surface area contributed by atoms with Crippen molar-refractivity contribution in [2.45, 2.75) is 19.3 Å². The molecule has 2 aliphatic rings. The van der Waals surface area contributed by atoms with Gasteiger partial charge in [-0.1, -0.05) is 11.3 Å². The van der Waals surface area contributed by atoms with Crippen LogP contribution in [0.25, 0.3) is 4.96 Å². The van der Waals surface area contributed by atoms with Gasteiger partial charge in [0.2, 0.25) is 10.1 Å². The minimum atomic E-state index is -0.383. The number of aromatic nitrogens is 3. The predicted octanol–water partition coefficient (Wildman–Crippen LogP) is 0.529. The lowest BCUT2D eigenvalue weighted by molar-refractivity contribution is 0.0655. The monoisotopic (exact) mass is 362 g/mol. The van der Waals surface area contributed by atoms with E-state index in [0.717, 1.165) is 44.2 Å². The Hall–Kier alpha value is -2.00. The van der Waals surface area contributed by atoms with Crippen molar-refractivity contribution >= 4 is 27.3 Å². The first kappa shape index (κ1) is 16.5. The molecule has 0 aromatic carbocycles. The molecule has 0 radical (unpaired) electrons. The number of hydrogen-bond donors (Lipinski definition) is 0. The van der Waals surface area contributed by atoms with E-state index in [1.807, 2.05) is 7.05 Å². The van der Waals surface area contributed by atoms with Crippen molar-refractivity contribution in [2.24, 2.45) is 0 Å². The molecule has 0 spiro atoms. The minimum absolute atomic E-state index is 0.141. The Morgan fingerprint density at radius 1 is 1.08 bits per heavy atom. The maximum atomic E-state index is 12.9. The summed E-state index contributed by atoms with van der Waals surface area (Å²) in [4.78, 5) is 35.7. The van der Waals surface area contributed by atoms with Crippen molar-refractivity contribution in [3.63, 3.8) is 0 Å². The number of carbonyl (C=O) groups excluding carboxylic acids is 1. The lowest BCUT2D eigenvalue weighted by atomic mass is 10.1. The zero-order valence-electron chi connectivity index (χ0n) is 14.3. The lowest BCUT2D eigenvalue weighted by Crippen LogP contribution is -2.47. The van der Waals surface area contributed by atoms with Crippen LogP contribution in [0.4, 0.5) is 5.13 Å². The number of nitrogens with zero attached hydrogens (tertiary/aromatic N) is 6. The molecule has 2 aliphatic heterocycles. The smallest absolute Gasteiger partial charge is 0.274 e. The Bertz CT molecular complexity index is 833. The molecule has 134 valence electrons. The van der Waals surface area contributed by atoms with Crippen LogP contribution in [0.5, 0.6) is 0 Å². The summed E-state index contributed by atoms with van der Waals surface area (Å²) in [6.45, 7) is 4.93. The molecule has 0 aliphatic carbocycles. The predicted molar refractivity (Wildman–Crippen MR) is 96.6 cm³/mol. The Morgan fingerprint density at radius 2 is 1.80 bits per heavy atom. The standard InChI is InChI=1S/C16H22N6O2S/c1-19-7-9-20(10-8-19)14(24)12-11-13(23)17-15-22(12)18-16(25-15)21-5-3-2-4-6-21/h11H,2-10H2,1H3. The molecule has 1 amide bonds. The van der Waals surface area contributed by atoms with Crippen LogP contribution in [0.1, 0.15) is 29.8 Å². The van der Waals surface area contributed by atoms with Crippen LogP contribution in [0, 0.1) is 0 Å². The summed E-state index contributed by atoms with van der Waals surface area (Å²) in [6, 6.07) is 1.31. The number of likely N-dealkylation sites (N-methyl/N-ethyl adjacent to an activating group) is 1. The topological polar surface area (TPSA) is 74.1 Å². The van der Waals surface area contributed by atoms with Crippen LogP contribution in [0.2, 0.25) is 0 Å². The average molecular weight is 362 g/mol. The highest BCUT2D eigenvalue weighted by Crippen LogP contribution is 2.25. The summed E-state index contributed by atoms with van der Waals surface area (Å²) >= 11 is 1.38. The second kappa shape index (κ2) is 6.72. The van der Waals surface area contributed by atoms with Gasteiger partial charge in [-0.05, 0) is 26.3 Å². The fourth-order valence-corrected chi connectivity index (χ4v) is 4.30. The molecular formula is C16H22N6O2S. The third-order valence-electron chi connectivity index (χ3n) is 4.88. The molecule has 4 rings (SSSR count). The van der Waals surface area contributed by atoms with Crippen molar-refractivity contribution in [1.82, 2.24) is 24.4 Å². The van der Waals surface area contributed by atoms with Gasteiger partial charge in [-0.25, -0.2) is 0 Å². The Morgan fingerprint density at radius 3 is 2.52 bits per heavy atom. The Kier molecular flexibility index (Phi) is 4.43. The summed E-state index contributed by atoms with van der Waals surface area (Å²) in [5.41, 5.74) is -0.0645. The van der Waals surface area contributed by atoms with Gasteiger partial charge < -0.3 is 14.7 Å². The van der Waals surface area contributed by atoms with E-state index in [-0.39, 0.29) is 11.5 Å². The van der Waals surface area contributed by atoms with E-state index < -0.39 is 0 Å². The van der Waals surface area contributed by atoms with Gasteiger partial charge in [0.1, 0.15) is 5.69 Å². The van der Waals surface area contributed by atoms with Crippen LogP contribution in [0.15, 0.2) is 10.9 Å². The highest BCUT2D eigenvalue weighted by molar-refractivity contribution is 7.20. The van der Waals surface area contributed by atoms with E-state index in [9.17, 15) is 9.59 Å². The molecule has 2 aromatic heterocycles. The second-order valence-corrected chi connectivity index (χ2v) is 7.64. The molecule has 0 bridgehead atoms. The van der Waals surface area contributed by atoms with E-state index in [0.29, 0.717) is 23.7 Å². The maximum absolute atomic E-state index is 12.9. The van der Waals surface area contributed by atoms with E-state index in [2.05, 4.69) is 19.9 Å². The zero-order valence-corrected chi connectivity index (χ0v) is 15.2. The molecular weight excluding hydrogens is 340 g/mol. The number of piperazine rings is 1. The SMILES string of the molecule is CN1CCN(C(=O)c2cc(=O)nc3sc(N4CCCCC4)nn23)CC1. The lowest BCUT2D eigenvalue weighted by Gasteiger charge is -2.32. The largest absolute Gasteiger partial charge is 0.347 e. The van der Waals surface area contributed by atoms with Gasteiger partial charge in [-0.15, -0.1) is 5.10 Å². The molecule has 2 fully saturated rings. The fourth-order valence-electron chi connectivity index (χ4n) is 3.34. The van der Waals surface area contributed by atoms with E-state index in [1.54, 1.807) is 9.42 Å². The quantitative estimate of drug-likeness (QED) is 0.776. The summed E-state index contributed by atoms with van der Waals surface area (Å²) in [7, 11) is 2.04. The van der Waals surface area contributed by atoms with Crippen LogP contribution < -0.4 is 10.5 Å². The summed E-state index contributed by atoms with van der Waals surface area (Å²) in [5.74, 6) is -0.141. The van der Waals surface area contributed by atoms with E-state index in [4.69, 9.17) is 0 Å². The highest BCUT2D eigenvalue weighted by Gasteiger charge is 2.25. The van der Waals surface area contributed by atoms with Crippen molar-refractivity contribution in [2.75, 3.05) is 51.2 Å². The molecule has 0 atom stereocenters. The van der Waals surface area contributed by atoms with Crippen LogP contribution >= 0.6 is 11.3 Å². The molecule has 2 aromatic rings. The first-order chi connectivity index (χ1) is 12.1. The van der Waals surface area contributed by atoms with Crippen LogP contribution in [-0.2, 0) is 0 Å². The highest BCUT2D eigenvalue weighted by atomic mass is 32.1. The van der Waals surface area contributed by atoms with Gasteiger partial charge >= 0.3 is 0 Å². The van der Waals surface area contributed by atoms with Gasteiger partial charge in [-0.3, -0.25) is 9.59 Å². The van der Waals surface area contributed by atoms with Gasteiger partial charge in [0.25, 0.3) is 11.5 Å². The molecule has 0 N–H and O–H groups in total. The number of amides is 1. The molecule has 4 heterocycles. The van der Waals surface area contributed by atoms with Crippen LogP contribution in [0.3, 0.4) is 0 Å². The summed E-state index contributed by atoms with van der Waals surface area (Å²) in [5, 5.41) is 5.45. The summed E-state index contributed by atoms with van der Waals surface area (Å²) < 4.78 is 1.55. The second-order valence-electron chi connectivity index (χ2n) is 6.70. The molecule has 0 unspecified atom stereocenters. The molecule has 9 heteroatoms. The number of piperidine rings is 1. The minimum Gasteiger partial charge on any atom is -0.347 e. The number of fused-ring (bicyclic) bond motifs is 1. The van der Waals surface area contributed by atoms with Crippen molar-refractivity contribution in [3.8, 4) is 0 Å². The zero-order chi connectivity index (χ0) is 17.4. The number of hydrogen-bond acceptors (Lipinski definition) is 7. The first-order valence-corrected chi connectivity index (χ1v) is 9.57. The molecule has 25 heavy (non-hydrogen) atoms. The number of carbonyl (C=O) groups is 1. The molecule has 0 saturated carbocycles. The maximum Gasteiger partial charge on any atom is 0.274 e. The van der Waals surface area contributed by atoms with Gasteiger partial charge in [-0.2, -0.15) is 9.50 Å². The summed E-state index contributed by atoms with van der Waals surface area (Å²) in [6.07, 6.45) is 3.53. The Balaban J connectivity index is 1.69. The molecule has 2 saturated heterocycles. The number of anilines is 1. The van der Waals surface area contributed by atoms with Crippen molar-refractivity contribution < 1.29 is 4.79 Å². The third kappa shape index (κ3) is 3.25. The average Bonchev–Trinajstić information content (AvgIpc) is 3.05. The van der Waals surface area contributed by atoms with Gasteiger partial charge in [0, 0.05) is 45.3 Å². The van der Waals surface area contributed by atoms with E-state index >= 15 is 0 Å². The number of rotatable bonds is 2. The van der Waals surface area contributed by atoms with Crippen molar-refractivity contribution in [1.29, 1.82) is 0 Å². The van der Waals surface area contributed by atoms with Gasteiger partial charge in [0.05, 0.1) is 0 Å².